The summed E-state index contributed by atoms with van der Waals surface area (Å²) in [5.41, 5.74) is 0.793. The Morgan fingerprint density at radius 2 is 2.38 bits per heavy atom. The topological polar surface area (TPSA) is 64.4 Å². The van der Waals surface area contributed by atoms with Crippen LogP contribution in [-0.4, -0.2) is 28.0 Å². The van der Waals surface area contributed by atoms with E-state index in [9.17, 15) is 9.90 Å². The molecule has 0 aliphatic heterocycles. The fraction of sp³-hybridized carbons (Fsp3) is 0.200. The summed E-state index contributed by atoms with van der Waals surface area (Å²) >= 11 is 3.34. The van der Waals surface area contributed by atoms with E-state index in [0.29, 0.717) is 18.4 Å². The van der Waals surface area contributed by atoms with Gasteiger partial charge in [-0.05, 0) is 28.1 Å². The molecule has 0 saturated carbocycles. The number of aromatic hydroxyl groups is 1. The molecule has 1 heterocycles. The maximum absolute atomic E-state index is 10.0. The molecule has 1 N–H and O–H groups in total. The fourth-order valence-corrected chi connectivity index (χ4v) is 2.06. The summed E-state index contributed by atoms with van der Waals surface area (Å²) in [7, 11) is 0. The van der Waals surface area contributed by atoms with Gasteiger partial charge in [0, 0.05) is 4.47 Å². The largest absolute Gasteiger partial charge is 0.492 e. The van der Waals surface area contributed by atoms with E-state index < -0.39 is 0 Å². The summed E-state index contributed by atoms with van der Waals surface area (Å²) in [6, 6.07) is 5.52. The van der Waals surface area contributed by atoms with Gasteiger partial charge >= 0.3 is 0 Å². The van der Waals surface area contributed by atoms with E-state index in [2.05, 4.69) is 25.8 Å². The number of hydrogen-bond donors (Lipinski definition) is 1. The van der Waals surface area contributed by atoms with Crippen LogP contribution in [0.1, 0.15) is 0 Å². The molecule has 6 heteroatoms. The lowest BCUT2D eigenvalue weighted by atomic mass is 10.2. The summed E-state index contributed by atoms with van der Waals surface area (Å²) in [5, 5.41) is 14.3. The standard InChI is InChI=1S/C10H9BrN2O3/c11-7-2-1-3-8-9(7)10(15)12-13(8)4-5-16-6-14/h1-3,6H,4-5H2,(H,12,15). The fourth-order valence-electron chi connectivity index (χ4n) is 1.53. The highest BCUT2D eigenvalue weighted by molar-refractivity contribution is 9.10. The molecule has 0 bridgehead atoms. The third-order valence-corrected chi connectivity index (χ3v) is 2.86. The summed E-state index contributed by atoms with van der Waals surface area (Å²) in [5.74, 6) is -0.0337. The summed E-state index contributed by atoms with van der Waals surface area (Å²) in [4.78, 5) is 10.0. The molecule has 0 spiro atoms. The van der Waals surface area contributed by atoms with Crippen molar-refractivity contribution in [3.05, 3.63) is 22.7 Å². The number of rotatable bonds is 4. The molecule has 2 rings (SSSR count). The van der Waals surface area contributed by atoms with Crippen molar-refractivity contribution in [2.75, 3.05) is 6.61 Å². The van der Waals surface area contributed by atoms with Gasteiger partial charge in [-0.25, -0.2) is 0 Å². The molecule has 0 unspecified atom stereocenters. The maximum atomic E-state index is 10.0. The first-order chi connectivity index (χ1) is 7.74. The molecule has 0 amide bonds. The zero-order valence-electron chi connectivity index (χ0n) is 8.26. The molecular formula is C10H9BrN2O3. The molecule has 84 valence electrons. The SMILES string of the molecule is O=COCCn1nc(O)c2c(Br)cccc21. The zero-order valence-corrected chi connectivity index (χ0v) is 9.85. The maximum Gasteiger partial charge on any atom is 0.293 e. The number of hydrogen-bond acceptors (Lipinski definition) is 4. The number of benzene rings is 1. The van der Waals surface area contributed by atoms with Crippen molar-refractivity contribution in [3.8, 4) is 5.88 Å². The number of ether oxygens (including phenoxy) is 1. The van der Waals surface area contributed by atoms with Crippen LogP contribution in [0.2, 0.25) is 0 Å². The van der Waals surface area contributed by atoms with Gasteiger partial charge in [-0.15, -0.1) is 5.10 Å². The van der Waals surface area contributed by atoms with Crippen LogP contribution in [0, 0.1) is 0 Å². The summed E-state index contributed by atoms with van der Waals surface area (Å²) < 4.78 is 6.97. The van der Waals surface area contributed by atoms with E-state index >= 15 is 0 Å². The van der Waals surface area contributed by atoms with Crippen LogP contribution in [0.4, 0.5) is 0 Å². The highest BCUT2D eigenvalue weighted by atomic mass is 79.9. The van der Waals surface area contributed by atoms with E-state index in [0.717, 1.165) is 9.99 Å². The van der Waals surface area contributed by atoms with Crippen LogP contribution >= 0.6 is 15.9 Å². The van der Waals surface area contributed by atoms with E-state index in [1.165, 1.54) is 0 Å². The summed E-state index contributed by atoms with van der Waals surface area (Å²) in [6.45, 7) is 1.03. The molecule has 0 atom stereocenters. The Labute approximate surface area is 99.8 Å². The Morgan fingerprint density at radius 3 is 3.12 bits per heavy atom. The molecule has 0 aliphatic rings. The average molecular weight is 285 g/mol. The lowest BCUT2D eigenvalue weighted by Crippen LogP contribution is -2.06. The molecule has 0 saturated heterocycles. The predicted octanol–water partition coefficient (Wildman–Crippen LogP) is 1.68. The number of fused-ring (bicyclic) bond motifs is 1. The molecule has 0 aliphatic carbocycles. The second kappa shape index (κ2) is 4.52. The zero-order chi connectivity index (χ0) is 11.5. The predicted molar refractivity (Wildman–Crippen MR) is 61.1 cm³/mol. The van der Waals surface area contributed by atoms with Gasteiger partial charge in [0.15, 0.2) is 0 Å². The van der Waals surface area contributed by atoms with Crippen molar-refractivity contribution in [1.82, 2.24) is 9.78 Å². The van der Waals surface area contributed by atoms with Crippen LogP contribution in [0.15, 0.2) is 22.7 Å². The second-order valence-corrected chi connectivity index (χ2v) is 4.00. The van der Waals surface area contributed by atoms with Gasteiger partial charge in [0.25, 0.3) is 6.47 Å². The molecule has 0 radical (unpaired) electrons. The van der Waals surface area contributed by atoms with Crippen molar-refractivity contribution < 1.29 is 14.6 Å². The van der Waals surface area contributed by atoms with Crippen LogP contribution in [-0.2, 0) is 16.1 Å². The molecule has 2 aromatic rings. The van der Waals surface area contributed by atoms with Gasteiger partial charge in [-0.2, -0.15) is 0 Å². The number of carbonyl (C=O) groups is 1. The Kier molecular flexibility index (Phi) is 3.09. The van der Waals surface area contributed by atoms with Gasteiger partial charge in [0.1, 0.15) is 6.61 Å². The van der Waals surface area contributed by atoms with Crippen molar-refractivity contribution in [3.63, 3.8) is 0 Å². The first-order valence-corrected chi connectivity index (χ1v) is 5.42. The molecule has 1 aromatic carbocycles. The molecular weight excluding hydrogens is 276 g/mol. The number of carbonyl (C=O) groups excluding carboxylic acids is 1. The van der Waals surface area contributed by atoms with Gasteiger partial charge in [-0.1, -0.05) is 6.07 Å². The van der Waals surface area contributed by atoms with Crippen molar-refractivity contribution in [1.29, 1.82) is 0 Å². The van der Waals surface area contributed by atoms with Crippen molar-refractivity contribution in [2.24, 2.45) is 0 Å². The monoisotopic (exact) mass is 284 g/mol. The van der Waals surface area contributed by atoms with Gasteiger partial charge < -0.3 is 9.84 Å². The van der Waals surface area contributed by atoms with Crippen molar-refractivity contribution in [2.45, 2.75) is 6.54 Å². The van der Waals surface area contributed by atoms with Crippen molar-refractivity contribution >= 4 is 33.3 Å². The van der Waals surface area contributed by atoms with E-state index in [4.69, 9.17) is 0 Å². The van der Waals surface area contributed by atoms with E-state index in [1.807, 2.05) is 18.2 Å². The first-order valence-electron chi connectivity index (χ1n) is 4.63. The minimum absolute atomic E-state index is 0.0337. The highest BCUT2D eigenvalue weighted by Crippen LogP contribution is 2.30. The molecule has 16 heavy (non-hydrogen) atoms. The lowest BCUT2D eigenvalue weighted by molar-refractivity contribution is -0.128. The van der Waals surface area contributed by atoms with Crippen LogP contribution in [0.5, 0.6) is 5.88 Å². The average Bonchev–Trinajstić information content (AvgIpc) is 2.58. The molecule has 1 aromatic heterocycles. The van der Waals surface area contributed by atoms with Gasteiger partial charge in [0.2, 0.25) is 5.88 Å². The van der Waals surface area contributed by atoms with E-state index in [-0.39, 0.29) is 12.5 Å². The summed E-state index contributed by atoms with van der Waals surface area (Å²) in [6.07, 6.45) is 0. The van der Waals surface area contributed by atoms with Crippen LogP contribution < -0.4 is 0 Å². The first kappa shape index (κ1) is 10.9. The minimum Gasteiger partial charge on any atom is -0.492 e. The third kappa shape index (κ3) is 1.88. The lowest BCUT2D eigenvalue weighted by Gasteiger charge is -2.01. The third-order valence-electron chi connectivity index (χ3n) is 2.20. The quantitative estimate of drug-likeness (QED) is 0.685. The highest BCUT2D eigenvalue weighted by Gasteiger charge is 2.11. The van der Waals surface area contributed by atoms with Crippen LogP contribution in [0.25, 0.3) is 10.9 Å². The molecule has 5 nitrogen and oxygen atoms in total. The Bertz CT molecular complexity index is 524. The number of halogens is 1. The van der Waals surface area contributed by atoms with Crippen LogP contribution in [0.3, 0.4) is 0 Å². The number of nitrogens with zero attached hydrogens (tertiary/aromatic N) is 2. The Balaban J connectivity index is 2.39. The second-order valence-electron chi connectivity index (χ2n) is 3.15. The Hall–Kier alpha value is -1.56. The Morgan fingerprint density at radius 1 is 1.56 bits per heavy atom. The smallest absolute Gasteiger partial charge is 0.293 e. The minimum atomic E-state index is -0.0337. The van der Waals surface area contributed by atoms with Gasteiger partial charge in [0.05, 0.1) is 17.4 Å². The van der Waals surface area contributed by atoms with E-state index in [1.54, 1.807) is 4.68 Å². The van der Waals surface area contributed by atoms with Gasteiger partial charge in [-0.3, -0.25) is 9.48 Å². The molecule has 0 fully saturated rings. The normalized spacial score (nSPS) is 10.6. The number of aromatic nitrogens is 2.